The third kappa shape index (κ3) is 14.0. The summed E-state index contributed by atoms with van der Waals surface area (Å²) in [5, 5.41) is 4.94. The number of morpholine rings is 1. The first-order valence-corrected chi connectivity index (χ1v) is 17.3. The molecule has 2 amide bonds. The van der Waals surface area contributed by atoms with Gasteiger partial charge >= 0.3 is 13.2 Å². The highest BCUT2D eigenvalue weighted by molar-refractivity contribution is 5.98. The van der Waals surface area contributed by atoms with Crippen LogP contribution in [0.5, 0.6) is 0 Å². The van der Waals surface area contributed by atoms with E-state index in [9.17, 15) is 41.5 Å². The zero-order valence-corrected chi connectivity index (χ0v) is 29.4. The van der Waals surface area contributed by atoms with Gasteiger partial charge in [-0.15, -0.1) is 0 Å². The number of carbonyl (C=O) groups is 5. The SMILES string of the molecule is C[C@]1(C(=O)[C@H](Cc2ccccc2)NC(=O)[C@H](COC(F)F)CC(=O)[C@H](COC(F)F)NC(=O)[C@@H](CC(=O)CN2CCOCC2)Cc2ccccc2)CO1. The summed E-state index contributed by atoms with van der Waals surface area (Å²) in [6.07, 6.45) is -0.990. The van der Waals surface area contributed by atoms with Crippen molar-refractivity contribution >= 4 is 29.2 Å². The molecule has 2 aliphatic heterocycles. The lowest BCUT2D eigenvalue weighted by molar-refractivity contribution is -0.156. The highest BCUT2D eigenvalue weighted by Crippen LogP contribution is 2.29. The maximum absolute atomic E-state index is 13.7. The van der Waals surface area contributed by atoms with E-state index in [0.29, 0.717) is 37.4 Å². The van der Waals surface area contributed by atoms with Crippen molar-refractivity contribution in [3.05, 3.63) is 71.8 Å². The highest BCUT2D eigenvalue weighted by Gasteiger charge is 2.50. The molecule has 0 saturated carbocycles. The van der Waals surface area contributed by atoms with Gasteiger partial charge in [0.2, 0.25) is 11.8 Å². The van der Waals surface area contributed by atoms with Gasteiger partial charge in [0.1, 0.15) is 17.4 Å². The lowest BCUT2D eigenvalue weighted by atomic mass is 9.91. The number of nitrogens with zero attached hydrogens (tertiary/aromatic N) is 1. The summed E-state index contributed by atoms with van der Waals surface area (Å²) < 4.78 is 72.2. The molecule has 53 heavy (non-hydrogen) atoms. The summed E-state index contributed by atoms with van der Waals surface area (Å²) in [5.41, 5.74) is 0.205. The lowest BCUT2D eigenvalue weighted by Crippen LogP contribution is -2.51. The molecule has 2 aliphatic rings. The van der Waals surface area contributed by atoms with E-state index in [4.69, 9.17) is 9.47 Å². The Kier molecular flexibility index (Phi) is 16.0. The van der Waals surface area contributed by atoms with E-state index in [1.54, 1.807) is 60.7 Å². The van der Waals surface area contributed by atoms with Crippen molar-refractivity contribution in [2.75, 3.05) is 52.7 Å². The lowest BCUT2D eigenvalue weighted by Gasteiger charge is -2.27. The van der Waals surface area contributed by atoms with Crippen molar-refractivity contribution in [3.8, 4) is 0 Å². The van der Waals surface area contributed by atoms with Crippen LogP contribution >= 0.6 is 0 Å². The molecule has 290 valence electrons. The standard InChI is InChI=1S/C37H45F4N3O9/c1-37(23-53-37)32(47)29(17-25-10-6-3-7-11-25)42-34(49)27(21-51-35(38)39)19-31(46)30(22-52-36(40)41)43-33(48)26(16-24-8-4-2-5-9-24)18-28(45)20-44-12-14-50-15-13-44/h2-11,26-27,29-30,35-36H,12-23H2,1H3,(H,42,49)(H,43,48)/t26-,27+,29+,30+,37-/m1/s1. The van der Waals surface area contributed by atoms with E-state index in [1.807, 2.05) is 4.90 Å². The molecule has 16 heteroatoms. The summed E-state index contributed by atoms with van der Waals surface area (Å²) >= 11 is 0. The van der Waals surface area contributed by atoms with Crippen molar-refractivity contribution in [2.45, 2.75) is 63.5 Å². The summed E-state index contributed by atoms with van der Waals surface area (Å²) in [6, 6.07) is 14.5. The molecule has 2 aromatic carbocycles. The first-order valence-electron chi connectivity index (χ1n) is 17.3. The normalized spacial score (nSPS) is 19.6. The van der Waals surface area contributed by atoms with Gasteiger partial charge in [0.15, 0.2) is 11.6 Å². The predicted molar refractivity (Wildman–Crippen MR) is 181 cm³/mol. The minimum atomic E-state index is -3.34. The molecular formula is C37H45F4N3O9. The minimum absolute atomic E-state index is 0.0225. The van der Waals surface area contributed by atoms with Gasteiger partial charge in [-0.1, -0.05) is 60.7 Å². The Labute approximate surface area is 304 Å². The third-order valence-electron chi connectivity index (χ3n) is 9.02. The zero-order chi connectivity index (χ0) is 38.4. The van der Waals surface area contributed by atoms with Crippen LogP contribution in [0, 0.1) is 11.8 Å². The van der Waals surface area contributed by atoms with Gasteiger partial charge < -0.3 is 29.6 Å². The topological polar surface area (TPSA) is 153 Å². The Balaban J connectivity index is 1.51. The van der Waals surface area contributed by atoms with Gasteiger partial charge in [-0.25, -0.2) is 0 Å². The fourth-order valence-corrected chi connectivity index (χ4v) is 5.95. The number of rotatable bonds is 23. The van der Waals surface area contributed by atoms with Gasteiger partial charge in [-0.3, -0.25) is 28.9 Å². The van der Waals surface area contributed by atoms with E-state index < -0.39 is 85.8 Å². The van der Waals surface area contributed by atoms with Gasteiger partial charge in [0, 0.05) is 31.8 Å². The number of alkyl halides is 4. The maximum atomic E-state index is 13.7. The second-order valence-electron chi connectivity index (χ2n) is 13.3. The summed E-state index contributed by atoms with van der Waals surface area (Å²) in [7, 11) is 0. The van der Waals surface area contributed by atoms with E-state index in [1.165, 1.54) is 6.92 Å². The van der Waals surface area contributed by atoms with Crippen LogP contribution in [0.1, 0.15) is 30.9 Å². The molecule has 0 unspecified atom stereocenters. The molecule has 2 saturated heterocycles. The largest absolute Gasteiger partial charge is 0.379 e. The number of epoxide rings is 1. The number of nitrogens with one attached hydrogen (secondary N) is 2. The van der Waals surface area contributed by atoms with Crippen LogP contribution in [-0.4, -0.2) is 118 Å². The molecule has 5 atom stereocenters. The average Bonchev–Trinajstić information content (AvgIpc) is 3.89. The summed E-state index contributed by atoms with van der Waals surface area (Å²) in [5.74, 6) is -6.19. The third-order valence-corrected chi connectivity index (χ3v) is 9.02. The Morgan fingerprint density at radius 3 is 1.85 bits per heavy atom. The molecule has 2 fully saturated rings. The molecule has 2 heterocycles. The van der Waals surface area contributed by atoms with Crippen molar-refractivity contribution in [3.63, 3.8) is 0 Å². The molecule has 2 aromatic rings. The van der Waals surface area contributed by atoms with Crippen LogP contribution in [0.15, 0.2) is 60.7 Å². The molecular weight excluding hydrogens is 706 g/mol. The number of ether oxygens (including phenoxy) is 4. The number of hydrogen-bond acceptors (Lipinski definition) is 10. The van der Waals surface area contributed by atoms with Gasteiger partial charge in [-0.05, 0) is 30.9 Å². The Hall–Kier alpha value is -4.09. The fourth-order valence-electron chi connectivity index (χ4n) is 5.95. The number of Topliss-reactive ketones (excluding diaryl/α,β-unsaturated/α-hetero) is 3. The Morgan fingerprint density at radius 2 is 1.28 bits per heavy atom. The van der Waals surface area contributed by atoms with E-state index in [-0.39, 0.29) is 38.2 Å². The van der Waals surface area contributed by atoms with E-state index >= 15 is 0 Å². The second kappa shape index (κ2) is 20.4. The van der Waals surface area contributed by atoms with Crippen LogP contribution in [0.4, 0.5) is 17.6 Å². The van der Waals surface area contributed by atoms with Crippen LogP contribution in [0.3, 0.4) is 0 Å². The minimum Gasteiger partial charge on any atom is -0.379 e. The van der Waals surface area contributed by atoms with Gasteiger partial charge in [-0.2, -0.15) is 17.6 Å². The number of halogens is 4. The van der Waals surface area contributed by atoms with Crippen molar-refractivity contribution < 1.29 is 60.5 Å². The van der Waals surface area contributed by atoms with Crippen LogP contribution in [-0.2, 0) is 55.8 Å². The van der Waals surface area contributed by atoms with E-state index in [2.05, 4.69) is 20.1 Å². The Bertz CT molecular complexity index is 1510. The summed E-state index contributed by atoms with van der Waals surface area (Å²) in [4.78, 5) is 69.3. The molecule has 12 nitrogen and oxygen atoms in total. The number of amides is 2. The highest BCUT2D eigenvalue weighted by atomic mass is 19.3. The quantitative estimate of drug-likeness (QED) is 0.128. The van der Waals surface area contributed by atoms with Crippen molar-refractivity contribution in [1.29, 1.82) is 0 Å². The number of benzene rings is 2. The molecule has 0 aliphatic carbocycles. The molecule has 2 N–H and O–H groups in total. The zero-order valence-electron chi connectivity index (χ0n) is 29.4. The second-order valence-corrected chi connectivity index (χ2v) is 13.3. The first kappa shape index (κ1) is 41.7. The van der Waals surface area contributed by atoms with Crippen LogP contribution < -0.4 is 10.6 Å². The predicted octanol–water partition coefficient (Wildman–Crippen LogP) is 2.76. The number of hydrogen-bond donors (Lipinski definition) is 2. The van der Waals surface area contributed by atoms with Gasteiger partial charge in [0.05, 0.1) is 51.5 Å². The fraction of sp³-hybridized carbons (Fsp3) is 0.541. The average molecular weight is 752 g/mol. The molecule has 0 aromatic heterocycles. The number of ketones is 3. The number of carbonyl (C=O) groups excluding carboxylic acids is 5. The first-order chi connectivity index (χ1) is 25.3. The van der Waals surface area contributed by atoms with Crippen LogP contribution in [0.2, 0.25) is 0 Å². The monoisotopic (exact) mass is 751 g/mol. The maximum Gasteiger partial charge on any atom is 0.345 e. The molecule has 0 spiro atoms. The smallest absolute Gasteiger partial charge is 0.345 e. The Morgan fingerprint density at radius 1 is 0.755 bits per heavy atom. The van der Waals surface area contributed by atoms with Crippen molar-refractivity contribution in [2.24, 2.45) is 11.8 Å². The van der Waals surface area contributed by atoms with Gasteiger partial charge in [0.25, 0.3) is 0 Å². The molecule has 0 radical (unpaired) electrons. The van der Waals surface area contributed by atoms with Crippen molar-refractivity contribution in [1.82, 2.24) is 15.5 Å². The van der Waals surface area contributed by atoms with Crippen LogP contribution in [0.25, 0.3) is 0 Å². The molecule has 0 bridgehead atoms. The molecule has 4 rings (SSSR count). The van der Waals surface area contributed by atoms with E-state index in [0.717, 1.165) is 0 Å². The summed E-state index contributed by atoms with van der Waals surface area (Å²) in [6.45, 7) is -4.99.